The molecule has 0 amide bonds. The number of benzene rings is 2. The van der Waals surface area contributed by atoms with Crippen LogP contribution < -0.4 is 4.90 Å². The van der Waals surface area contributed by atoms with E-state index in [0.29, 0.717) is 47.8 Å². The summed E-state index contributed by atoms with van der Waals surface area (Å²) in [6.07, 6.45) is 1.56. The number of hydrogen-bond donors (Lipinski definition) is 0. The molecule has 192 valence electrons. The van der Waals surface area contributed by atoms with Crippen molar-refractivity contribution in [3.05, 3.63) is 59.8 Å². The standard InChI is InChI=1S/C27H34N4O4S/c1-5-27(3,4)20-12-14-21(15-13-20)36(33,34)31-17-9-16-30(18-19-31)25-24(26(32)35-6-2)28-22-10-7-8-11-23(22)29-25/h7-8,10-15H,5-6,9,16-19H2,1-4H3. The summed E-state index contributed by atoms with van der Waals surface area (Å²) in [6.45, 7) is 10.0. The van der Waals surface area contributed by atoms with E-state index in [9.17, 15) is 13.2 Å². The smallest absolute Gasteiger partial charge is 0.360 e. The molecule has 2 heterocycles. The van der Waals surface area contributed by atoms with Crippen LogP contribution >= 0.6 is 0 Å². The molecule has 0 unspecified atom stereocenters. The maximum atomic E-state index is 13.5. The summed E-state index contributed by atoms with van der Waals surface area (Å²) in [6, 6.07) is 14.6. The first-order valence-corrected chi connectivity index (χ1v) is 13.9. The predicted molar refractivity (Wildman–Crippen MR) is 141 cm³/mol. The number of rotatable bonds is 7. The van der Waals surface area contributed by atoms with Crippen LogP contribution in [0.1, 0.15) is 56.6 Å². The lowest BCUT2D eigenvalue weighted by Gasteiger charge is -2.25. The zero-order chi connectivity index (χ0) is 25.9. The van der Waals surface area contributed by atoms with Crippen LogP contribution in [-0.2, 0) is 20.2 Å². The molecule has 0 saturated carbocycles. The number of aromatic nitrogens is 2. The highest BCUT2D eigenvalue weighted by molar-refractivity contribution is 7.89. The fourth-order valence-electron chi connectivity index (χ4n) is 4.32. The number of carbonyl (C=O) groups excluding carboxylic acids is 1. The van der Waals surface area contributed by atoms with Gasteiger partial charge >= 0.3 is 5.97 Å². The Hall–Kier alpha value is -3.04. The molecule has 1 aliphatic heterocycles. The summed E-state index contributed by atoms with van der Waals surface area (Å²) < 4.78 is 33.7. The summed E-state index contributed by atoms with van der Waals surface area (Å²) in [5.41, 5.74) is 2.54. The molecule has 0 aliphatic carbocycles. The van der Waals surface area contributed by atoms with Gasteiger partial charge in [0.25, 0.3) is 0 Å². The van der Waals surface area contributed by atoms with E-state index in [0.717, 1.165) is 12.0 Å². The SMILES string of the molecule is CCOC(=O)c1nc2ccccc2nc1N1CCCN(S(=O)(=O)c2ccc(C(C)(C)CC)cc2)CC1. The minimum Gasteiger partial charge on any atom is -0.461 e. The van der Waals surface area contributed by atoms with Crippen LogP contribution in [-0.4, -0.2) is 61.4 Å². The van der Waals surface area contributed by atoms with Crippen molar-refractivity contribution in [2.45, 2.75) is 50.8 Å². The molecule has 2 aromatic carbocycles. The van der Waals surface area contributed by atoms with Crippen molar-refractivity contribution in [2.75, 3.05) is 37.7 Å². The Labute approximate surface area is 213 Å². The van der Waals surface area contributed by atoms with Gasteiger partial charge in [0.15, 0.2) is 11.5 Å². The third kappa shape index (κ3) is 5.22. The molecule has 1 saturated heterocycles. The van der Waals surface area contributed by atoms with Crippen molar-refractivity contribution in [1.29, 1.82) is 0 Å². The van der Waals surface area contributed by atoms with Gasteiger partial charge in [-0.1, -0.05) is 45.0 Å². The maximum absolute atomic E-state index is 13.5. The highest BCUT2D eigenvalue weighted by Gasteiger charge is 2.30. The lowest BCUT2D eigenvalue weighted by molar-refractivity contribution is 0.0520. The molecule has 4 rings (SSSR count). The first-order valence-electron chi connectivity index (χ1n) is 12.5. The highest BCUT2D eigenvalue weighted by atomic mass is 32.2. The fraction of sp³-hybridized carbons (Fsp3) is 0.444. The number of anilines is 1. The molecule has 1 aromatic heterocycles. The maximum Gasteiger partial charge on any atom is 0.360 e. The van der Waals surface area contributed by atoms with Gasteiger partial charge in [-0.25, -0.2) is 23.2 Å². The van der Waals surface area contributed by atoms with Crippen LogP contribution in [0.3, 0.4) is 0 Å². The van der Waals surface area contributed by atoms with Crippen LogP contribution in [0.25, 0.3) is 11.0 Å². The van der Waals surface area contributed by atoms with Crippen molar-refractivity contribution in [3.63, 3.8) is 0 Å². The van der Waals surface area contributed by atoms with Crippen molar-refractivity contribution in [1.82, 2.24) is 14.3 Å². The summed E-state index contributed by atoms with van der Waals surface area (Å²) in [5, 5.41) is 0. The Morgan fingerprint density at radius 3 is 2.25 bits per heavy atom. The van der Waals surface area contributed by atoms with Gasteiger partial charge in [-0.15, -0.1) is 0 Å². The van der Waals surface area contributed by atoms with Crippen LogP contribution in [0.5, 0.6) is 0 Å². The van der Waals surface area contributed by atoms with Gasteiger partial charge in [0, 0.05) is 26.2 Å². The molecule has 1 fully saturated rings. The number of ether oxygens (including phenoxy) is 1. The van der Waals surface area contributed by atoms with E-state index < -0.39 is 16.0 Å². The van der Waals surface area contributed by atoms with E-state index in [1.54, 1.807) is 25.1 Å². The van der Waals surface area contributed by atoms with Gasteiger partial charge < -0.3 is 9.64 Å². The van der Waals surface area contributed by atoms with Gasteiger partial charge in [-0.2, -0.15) is 4.31 Å². The van der Waals surface area contributed by atoms with E-state index in [1.165, 1.54) is 4.31 Å². The number of sulfonamides is 1. The molecule has 0 N–H and O–H groups in total. The monoisotopic (exact) mass is 510 g/mol. The van der Waals surface area contributed by atoms with Crippen molar-refractivity contribution < 1.29 is 17.9 Å². The van der Waals surface area contributed by atoms with Gasteiger partial charge in [0.1, 0.15) is 0 Å². The minimum atomic E-state index is -3.65. The van der Waals surface area contributed by atoms with Crippen molar-refractivity contribution in [2.24, 2.45) is 0 Å². The largest absolute Gasteiger partial charge is 0.461 e. The Bertz CT molecular complexity index is 1340. The summed E-state index contributed by atoms with van der Waals surface area (Å²) >= 11 is 0. The number of fused-ring (bicyclic) bond motifs is 1. The number of hydrogen-bond acceptors (Lipinski definition) is 7. The molecule has 0 bridgehead atoms. The van der Waals surface area contributed by atoms with Gasteiger partial charge in [0.05, 0.1) is 22.5 Å². The minimum absolute atomic E-state index is 0.0110. The normalized spacial score (nSPS) is 15.6. The molecular formula is C27H34N4O4S. The van der Waals surface area contributed by atoms with Crippen LogP contribution in [0.15, 0.2) is 53.4 Å². The highest BCUT2D eigenvalue weighted by Crippen LogP contribution is 2.29. The quantitative estimate of drug-likeness (QED) is 0.435. The Balaban J connectivity index is 1.59. The summed E-state index contributed by atoms with van der Waals surface area (Å²) in [4.78, 5) is 24.2. The molecule has 3 aromatic rings. The Kier molecular flexibility index (Phi) is 7.61. The molecule has 0 radical (unpaired) electrons. The zero-order valence-electron chi connectivity index (χ0n) is 21.4. The lowest BCUT2D eigenvalue weighted by atomic mass is 9.82. The average Bonchev–Trinajstić information content (AvgIpc) is 3.15. The van der Waals surface area contributed by atoms with E-state index in [4.69, 9.17) is 9.72 Å². The first kappa shape index (κ1) is 26.0. The Morgan fingerprint density at radius 1 is 0.944 bits per heavy atom. The number of para-hydroxylation sites is 2. The molecule has 36 heavy (non-hydrogen) atoms. The molecular weight excluding hydrogens is 476 g/mol. The van der Waals surface area contributed by atoms with E-state index in [-0.39, 0.29) is 24.3 Å². The summed E-state index contributed by atoms with van der Waals surface area (Å²) in [7, 11) is -3.65. The van der Waals surface area contributed by atoms with Crippen molar-refractivity contribution >= 4 is 32.8 Å². The molecule has 0 spiro atoms. The molecule has 9 heteroatoms. The van der Waals surface area contributed by atoms with Gasteiger partial charge in [0.2, 0.25) is 10.0 Å². The number of esters is 1. The molecule has 0 atom stereocenters. The van der Waals surface area contributed by atoms with Gasteiger partial charge in [-0.3, -0.25) is 0 Å². The number of nitrogens with zero attached hydrogens (tertiary/aromatic N) is 4. The topological polar surface area (TPSA) is 92.7 Å². The first-order chi connectivity index (χ1) is 17.2. The second-order valence-electron chi connectivity index (χ2n) is 9.61. The van der Waals surface area contributed by atoms with E-state index >= 15 is 0 Å². The van der Waals surface area contributed by atoms with Crippen LogP contribution in [0.4, 0.5) is 5.82 Å². The van der Waals surface area contributed by atoms with E-state index in [1.807, 2.05) is 35.2 Å². The fourth-order valence-corrected chi connectivity index (χ4v) is 5.79. The molecule has 8 nitrogen and oxygen atoms in total. The predicted octanol–water partition coefficient (Wildman–Crippen LogP) is 4.40. The van der Waals surface area contributed by atoms with Gasteiger partial charge in [-0.05, 0) is 55.0 Å². The van der Waals surface area contributed by atoms with E-state index in [2.05, 4.69) is 25.8 Å². The average molecular weight is 511 g/mol. The zero-order valence-corrected chi connectivity index (χ0v) is 22.2. The van der Waals surface area contributed by atoms with Crippen LogP contribution in [0.2, 0.25) is 0 Å². The third-order valence-electron chi connectivity index (χ3n) is 6.93. The second-order valence-corrected chi connectivity index (χ2v) is 11.5. The second kappa shape index (κ2) is 10.5. The molecule has 1 aliphatic rings. The Morgan fingerprint density at radius 2 is 1.61 bits per heavy atom. The lowest BCUT2D eigenvalue weighted by Crippen LogP contribution is -2.36. The number of carbonyl (C=O) groups is 1. The van der Waals surface area contributed by atoms with Crippen molar-refractivity contribution in [3.8, 4) is 0 Å². The third-order valence-corrected chi connectivity index (χ3v) is 8.85. The summed E-state index contributed by atoms with van der Waals surface area (Å²) in [5.74, 6) is -0.105. The van der Waals surface area contributed by atoms with Crippen LogP contribution in [0, 0.1) is 0 Å².